The van der Waals surface area contributed by atoms with Crippen molar-refractivity contribution in [1.82, 2.24) is 0 Å². The molecular formula is C17H26O3. The first kappa shape index (κ1) is 16.5. The van der Waals surface area contributed by atoms with Crippen LogP contribution in [0.25, 0.3) is 0 Å². The Kier molecular flexibility index (Phi) is 7.78. The molecule has 0 saturated heterocycles. The number of benzene rings is 1. The topological polar surface area (TPSA) is 46.5 Å². The first-order valence-electron chi connectivity index (χ1n) is 7.55. The summed E-state index contributed by atoms with van der Waals surface area (Å²) in [4.78, 5) is 11.4. The molecule has 0 amide bonds. The van der Waals surface area contributed by atoms with Gasteiger partial charge in [0.05, 0.1) is 13.0 Å². The molecular weight excluding hydrogens is 252 g/mol. The van der Waals surface area contributed by atoms with Gasteiger partial charge in [0, 0.05) is 0 Å². The molecule has 0 spiro atoms. The van der Waals surface area contributed by atoms with Crippen molar-refractivity contribution in [1.29, 1.82) is 0 Å². The monoisotopic (exact) mass is 278 g/mol. The van der Waals surface area contributed by atoms with Gasteiger partial charge in [-0.2, -0.15) is 0 Å². The maximum Gasteiger partial charge on any atom is 0.310 e. The van der Waals surface area contributed by atoms with E-state index in [0.717, 1.165) is 24.2 Å². The van der Waals surface area contributed by atoms with Gasteiger partial charge in [0.1, 0.15) is 5.75 Å². The molecule has 0 aliphatic heterocycles. The summed E-state index contributed by atoms with van der Waals surface area (Å²) in [6, 6.07) is 7.40. The van der Waals surface area contributed by atoms with Gasteiger partial charge in [-0.25, -0.2) is 0 Å². The van der Waals surface area contributed by atoms with E-state index in [1.807, 2.05) is 24.3 Å². The van der Waals surface area contributed by atoms with Crippen LogP contribution in [0.15, 0.2) is 24.3 Å². The average Bonchev–Trinajstić information content (AvgIpc) is 2.46. The van der Waals surface area contributed by atoms with Crippen LogP contribution in [0.4, 0.5) is 0 Å². The minimum atomic E-state index is -0.744. The average molecular weight is 278 g/mol. The fourth-order valence-electron chi connectivity index (χ4n) is 2.42. The number of unbranched alkanes of at least 4 members (excludes halogenated alkanes) is 5. The van der Waals surface area contributed by atoms with Crippen molar-refractivity contribution < 1.29 is 14.6 Å². The van der Waals surface area contributed by atoms with Crippen LogP contribution in [-0.4, -0.2) is 18.2 Å². The third-order valence-corrected chi connectivity index (χ3v) is 3.64. The normalized spacial score (nSPS) is 12.1. The SMILES string of the molecule is CCCCCCCCC(C(=O)O)c1cccc(OC)c1. The molecule has 1 atom stereocenters. The zero-order chi connectivity index (χ0) is 14.8. The molecule has 0 aliphatic carbocycles. The summed E-state index contributed by atoms with van der Waals surface area (Å²) >= 11 is 0. The fraction of sp³-hybridized carbons (Fsp3) is 0.588. The maximum absolute atomic E-state index is 11.4. The van der Waals surface area contributed by atoms with E-state index in [0.29, 0.717) is 6.42 Å². The Labute approximate surface area is 122 Å². The number of ether oxygens (including phenoxy) is 1. The summed E-state index contributed by atoms with van der Waals surface area (Å²) < 4.78 is 5.16. The van der Waals surface area contributed by atoms with Crippen molar-refractivity contribution in [2.75, 3.05) is 7.11 Å². The van der Waals surface area contributed by atoms with Crippen LogP contribution in [0.3, 0.4) is 0 Å². The molecule has 0 aromatic heterocycles. The first-order valence-corrected chi connectivity index (χ1v) is 7.55. The Balaban J connectivity index is 2.49. The minimum Gasteiger partial charge on any atom is -0.497 e. The molecule has 3 heteroatoms. The first-order chi connectivity index (χ1) is 9.69. The molecule has 3 nitrogen and oxygen atoms in total. The second-order valence-electron chi connectivity index (χ2n) is 5.22. The quantitative estimate of drug-likeness (QED) is 0.635. The largest absolute Gasteiger partial charge is 0.497 e. The van der Waals surface area contributed by atoms with Gasteiger partial charge in [0.2, 0.25) is 0 Å². The highest BCUT2D eigenvalue weighted by molar-refractivity contribution is 5.76. The number of carbonyl (C=O) groups is 1. The highest BCUT2D eigenvalue weighted by Crippen LogP contribution is 2.26. The molecule has 0 aliphatic rings. The third kappa shape index (κ3) is 5.64. The van der Waals surface area contributed by atoms with Gasteiger partial charge in [-0.05, 0) is 24.1 Å². The summed E-state index contributed by atoms with van der Waals surface area (Å²) in [5.41, 5.74) is 0.838. The lowest BCUT2D eigenvalue weighted by molar-refractivity contribution is -0.139. The van der Waals surface area contributed by atoms with Crippen LogP contribution >= 0.6 is 0 Å². The minimum absolute atomic E-state index is 0.420. The van der Waals surface area contributed by atoms with Gasteiger partial charge in [-0.1, -0.05) is 57.6 Å². The van der Waals surface area contributed by atoms with Crippen LogP contribution in [0.1, 0.15) is 63.4 Å². The highest BCUT2D eigenvalue weighted by atomic mass is 16.5. The molecule has 112 valence electrons. The molecule has 0 fully saturated rings. The molecule has 1 aromatic rings. The molecule has 1 unspecified atom stereocenters. The van der Waals surface area contributed by atoms with E-state index in [-0.39, 0.29) is 0 Å². The van der Waals surface area contributed by atoms with Crippen LogP contribution in [0.2, 0.25) is 0 Å². The summed E-state index contributed by atoms with van der Waals surface area (Å²) in [6.45, 7) is 2.20. The summed E-state index contributed by atoms with van der Waals surface area (Å²) in [5, 5.41) is 9.39. The van der Waals surface area contributed by atoms with Crippen LogP contribution < -0.4 is 4.74 Å². The molecule has 0 radical (unpaired) electrons. The van der Waals surface area contributed by atoms with Gasteiger partial charge in [-0.15, -0.1) is 0 Å². The van der Waals surface area contributed by atoms with Gasteiger partial charge in [0.15, 0.2) is 0 Å². The molecule has 0 saturated carbocycles. The number of rotatable bonds is 10. The van der Waals surface area contributed by atoms with Gasteiger partial charge >= 0.3 is 5.97 Å². The Hall–Kier alpha value is -1.51. The number of aliphatic carboxylic acids is 1. The molecule has 1 N–H and O–H groups in total. The lowest BCUT2D eigenvalue weighted by Gasteiger charge is -2.13. The number of carboxylic acids is 1. The number of methoxy groups -OCH3 is 1. The van der Waals surface area contributed by atoms with Gasteiger partial charge in [0.25, 0.3) is 0 Å². The van der Waals surface area contributed by atoms with E-state index in [9.17, 15) is 9.90 Å². The van der Waals surface area contributed by atoms with Crippen molar-refractivity contribution >= 4 is 5.97 Å². The fourth-order valence-corrected chi connectivity index (χ4v) is 2.42. The van der Waals surface area contributed by atoms with Crippen LogP contribution in [0.5, 0.6) is 5.75 Å². The second-order valence-corrected chi connectivity index (χ2v) is 5.22. The molecule has 20 heavy (non-hydrogen) atoms. The van der Waals surface area contributed by atoms with Crippen LogP contribution in [-0.2, 0) is 4.79 Å². The Bertz CT molecular complexity index is 401. The van der Waals surface area contributed by atoms with Gasteiger partial charge < -0.3 is 9.84 Å². The number of hydrogen-bond donors (Lipinski definition) is 1. The van der Waals surface area contributed by atoms with Gasteiger partial charge in [-0.3, -0.25) is 4.79 Å². The van der Waals surface area contributed by atoms with Crippen LogP contribution in [0, 0.1) is 0 Å². The van der Waals surface area contributed by atoms with E-state index in [1.165, 1.54) is 25.7 Å². The Morgan fingerprint density at radius 1 is 1.20 bits per heavy atom. The summed E-state index contributed by atoms with van der Waals surface area (Å²) in [7, 11) is 1.60. The van der Waals surface area contributed by atoms with Crippen molar-refractivity contribution in [2.45, 2.75) is 57.8 Å². The lowest BCUT2D eigenvalue weighted by atomic mass is 9.93. The van der Waals surface area contributed by atoms with E-state index in [4.69, 9.17) is 4.74 Å². The van der Waals surface area contributed by atoms with E-state index in [2.05, 4.69) is 6.92 Å². The standard InChI is InChI=1S/C17H26O3/c1-3-4-5-6-7-8-12-16(17(18)19)14-10-9-11-15(13-14)20-2/h9-11,13,16H,3-8,12H2,1-2H3,(H,18,19). The maximum atomic E-state index is 11.4. The molecule has 0 heterocycles. The Morgan fingerprint density at radius 3 is 2.55 bits per heavy atom. The molecule has 1 aromatic carbocycles. The molecule has 1 rings (SSSR count). The lowest BCUT2D eigenvalue weighted by Crippen LogP contribution is -2.11. The number of carboxylic acid groups (broad SMARTS) is 1. The van der Waals surface area contributed by atoms with Crippen molar-refractivity contribution in [3.05, 3.63) is 29.8 Å². The second kappa shape index (κ2) is 9.40. The zero-order valence-corrected chi connectivity index (χ0v) is 12.6. The van der Waals surface area contributed by atoms with Crippen molar-refractivity contribution in [3.8, 4) is 5.75 Å². The number of hydrogen-bond acceptors (Lipinski definition) is 2. The van der Waals surface area contributed by atoms with E-state index < -0.39 is 11.9 Å². The summed E-state index contributed by atoms with van der Waals surface area (Å²) in [5.74, 6) is -0.445. The van der Waals surface area contributed by atoms with E-state index in [1.54, 1.807) is 7.11 Å². The zero-order valence-electron chi connectivity index (χ0n) is 12.6. The predicted molar refractivity (Wildman–Crippen MR) is 81.4 cm³/mol. The summed E-state index contributed by atoms with van der Waals surface area (Å²) in [6.07, 6.45) is 7.77. The van der Waals surface area contributed by atoms with E-state index >= 15 is 0 Å². The smallest absolute Gasteiger partial charge is 0.310 e. The molecule has 0 bridgehead atoms. The van der Waals surface area contributed by atoms with Crippen molar-refractivity contribution in [2.24, 2.45) is 0 Å². The Morgan fingerprint density at radius 2 is 1.90 bits per heavy atom. The predicted octanol–water partition coefficient (Wildman–Crippen LogP) is 4.61. The highest BCUT2D eigenvalue weighted by Gasteiger charge is 2.19. The third-order valence-electron chi connectivity index (χ3n) is 3.64. The van der Waals surface area contributed by atoms with Crippen molar-refractivity contribution in [3.63, 3.8) is 0 Å².